The number of nitrogens with zero attached hydrogens (tertiary/aromatic N) is 2. The second-order valence-corrected chi connectivity index (χ2v) is 4.49. The standard InChI is InChI=1S/C16H17N3O/c1-19(2)15(13-9-5-3-6-10-13)18-16(20)17-14-11-7-4-8-12-14/h3-12H,1-2H3,(H,17,20)/b18-15-. The van der Waals surface area contributed by atoms with Gasteiger partial charge in [-0.15, -0.1) is 0 Å². The Morgan fingerprint density at radius 2 is 1.50 bits per heavy atom. The number of carbonyl (C=O) groups excluding carboxylic acids is 1. The summed E-state index contributed by atoms with van der Waals surface area (Å²) in [4.78, 5) is 17.9. The molecule has 0 radical (unpaired) electrons. The Bertz CT molecular complexity index is 592. The molecule has 0 fully saturated rings. The fourth-order valence-corrected chi connectivity index (χ4v) is 1.78. The number of anilines is 1. The molecule has 2 aromatic rings. The predicted molar refractivity (Wildman–Crippen MR) is 82.1 cm³/mol. The Hall–Kier alpha value is -2.62. The van der Waals surface area contributed by atoms with Gasteiger partial charge in [0.15, 0.2) is 0 Å². The number of hydrogen-bond donors (Lipinski definition) is 1. The zero-order valence-electron chi connectivity index (χ0n) is 11.6. The molecule has 0 bridgehead atoms. The Labute approximate surface area is 118 Å². The number of rotatable bonds is 2. The molecule has 0 saturated carbocycles. The van der Waals surface area contributed by atoms with Crippen LogP contribution in [0.3, 0.4) is 0 Å². The van der Waals surface area contributed by atoms with Crippen molar-refractivity contribution in [2.75, 3.05) is 19.4 Å². The first kappa shape index (κ1) is 13.8. The van der Waals surface area contributed by atoms with Crippen LogP contribution in [-0.2, 0) is 0 Å². The second-order valence-electron chi connectivity index (χ2n) is 4.49. The molecule has 2 rings (SSSR count). The lowest BCUT2D eigenvalue weighted by atomic mass is 10.2. The normalized spacial score (nSPS) is 11.0. The van der Waals surface area contributed by atoms with E-state index in [-0.39, 0.29) is 6.03 Å². The highest BCUT2D eigenvalue weighted by atomic mass is 16.2. The molecule has 102 valence electrons. The minimum atomic E-state index is -0.385. The molecule has 0 saturated heterocycles. The van der Waals surface area contributed by atoms with Gasteiger partial charge in [0, 0.05) is 25.3 Å². The van der Waals surface area contributed by atoms with E-state index >= 15 is 0 Å². The van der Waals surface area contributed by atoms with E-state index in [1.165, 1.54) is 0 Å². The number of aliphatic imine (C=N–C) groups is 1. The first-order valence-electron chi connectivity index (χ1n) is 6.34. The zero-order chi connectivity index (χ0) is 14.4. The molecule has 20 heavy (non-hydrogen) atoms. The number of hydrogen-bond acceptors (Lipinski definition) is 1. The van der Waals surface area contributed by atoms with Gasteiger partial charge in [0.25, 0.3) is 0 Å². The van der Waals surface area contributed by atoms with Crippen LogP contribution in [0.4, 0.5) is 10.5 Å². The minimum Gasteiger partial charge on any atom is -0.362 e. The third kappa shape index (κ3) is 3.68. The summed E-state index contributed by atoms with van der Waals surface area (Å²) in [7, 11) is 3.73. The van der Waals surface area contributed by atoms with Crippen LogP contribution in [0, 0.1) is 0 Å². The molecule has 4 nitrogen and oxygen atoms in total. The molecule has 2 amide bonds. The van der Waals surface area contributed by atoms with E-state index < -0.39 is 0 Å². The molecule has 0 aliphatic rings. The highest BCUT2D eigenvalue weighted by Crippen LogP contribution is 2.07. The van der Waals surface area contributed by atoms with Crippen LogP contribution in [0.1, 0.15) is 5.56 Å². The number of amidine groups is 1. The predicted octanol–water partition coefficient (Wildman–Crippen LogP) is 3.23. The quantitative estimate of drug-likeness (QED) is 0.670. The number of carbonyl (C=O) groups is 1. The van der Waals surface area contributed by atoms with Crippen molar-refractivity contribution in [3.8, 4) is 0 Å². The zero-order valence-corrected chi connectivity index (χ0v) is 11.6. The van der Waals surface area contributed by atoms with Crippen molar-refractivity contribution in [1.29, 1.82) is 0 Å². The highest BCUT2D eigenvalue weighted by Gasteiger charge is 2.08. The maximum absolute atomic E-state index is 12.0. The van der Waals surface area contributed by atoms with Crippen LogP contribution < -0.4 is 5.32 Å². The monoisotopic (exact) mass is 267 g/mol. The fourth-order valence-electron chi connectivity index (χ4n) is 1.78. The second kappa shape index (κ2) is 6.52. The van der Waals surface area contributed by atoms with Crippen molar-refractivity contribution >= 4 is 17.6 Å². The van der Waals surface area contributed by atoms with Gasteiger partial charge in [-0.1, -0.05) is 48.5 Å². The van der Waals surface area contributed by atoms with Crippen molar-refractivity contribution in [1.82, 2.24) is 4.90 Å². The van der Waals surface area contributed by atoms with Gasteiger partial charge in [-0.3, -0.25) is 0 Å². The summed E-state index contributed by atoms with van der Waals surface area (Å²) in [6, 6.07) is 18.5. The summed E-state index contributed by atoms with van der Waals surface area (Å²) >= 11 is 0. The molecular formula is C16H17N3O. The lowest BCUT2D eigenvalue weighted by Crippen LogP contribution is -2.25. The SMILES string of the molecule is CN(C)/C(=N\C(=O)Nc1ccccc1)c1ccccc1. The molecule has 0 aliphatic carbocycles. The summed E-state index contributed by atoms with van der Waals surface area (Å²) < 4.78 is 0. The molecule has 0 aliphatic heterocycles. The van der Waals surface area contributed by atoms with Crippen LogP contribution in [0.15, 0.2) is 65.7 Å². The first-order valence-corrected chi connectivity index (χ1v) is 6.34. The highest BCUT2D eigenvalue weighted by molar-refractivity contribution is 6.07. The van der Waals surface area contributed by atoms with Crippen LogP contribution >= 0.6 is 0 Å². The Balaban J connectivity index is 2.19. The Kier molecular flexibility index (Phi) is 4.50. The molecule has 0 atom stereocenters. The molecule has 0 spiro atoms. The molecule has 0 heterocycles. The van der Waals surface area contributed by atoms with Gasteiger partial charge in [0.2, 0.25) is 0 Å². The summed E-state index contributed by atoms with van der Waals surface area (Å²) in [5, 5.41) is 2.74. The Morgan fingerprint density at radius 1 is 0.950 bits per heavy atom. The largest absolute Gasteiger partial charge is 0.362 e. The van der Waals surface area contributed by atoms with Gasteiger partial charge in [0.05, 0.1) is 0 Å². The van der Waals surface area contributed by atoms with Gasteiger partial charge in [0.1, 0.15) is 5.84 Å². The maximum Gasteiger partial charge on any atom is 0.347 e. The molecule has 1 N–H and O–H groups in total. The van der Waals surface area contributed by atoms with E-state index in [0.29, 0.717) is 5.84 Å². The summed E-state index contributed by atoms with van der Waals surface area (Å²) in [5.41, 5.74) is 1.63. The third-order valence-corrected chi connectivity index (χ3v) is 2.69. The average Bonchev–Trinajstić information content (AvgIpc) is 2.46. The van der Waals surface area contributed by atoms with E-state index in [1.54, 1.807) is 0 Å². The lowest BCUT2D eigenvalue weighted by Gasteiger charge is -2.15. The van der Waals surface area contributed by atoms with Crippen LogP contribution in [0.25, 0.3) is 0 Å². The molecule has 0 unspecified atom stereocenters. The van der Waals surface area contributed by atoms with Gasteiger partial charge in [-0.05, 0) is 12.1 Å². The van der Waals surface area contributed by atoms with Gasteiger partial charge < -0.3 is 10.2 Å². The smallest absolute Gasteiger partial charge is 0.347 e. The van der Waals surface area contributed by atoms with Crippen LogP contribution in [0.2, 0.25) is 0 Å². The molecule has 4 heteroatoms. The van der Waals surface area contributed by atoms with E-state index in [2.05, 4.69) is 10.3 Å². The van der Waals surface area contributed by atoms with Crippen molar-refractivity contribution in [3.63, 3.8) is 0 Å². The van der Waals surface area contributed by atoms with E-state index in [9.17, 15) is 4.79 Å². The average molecular weight is 267 g/mol. The van der Waals surface area contributed by atoms with Gasteiger partial charge in [-0.25, -0.2) is 4.79 Å². The summed E-state index contributed by atoms with van der Waals surface area (Å²) in [6.45, 7) is 0. The summed E-state index contributed by atoms with van der Waals surface area (Å²) in [5.74, 6) is 0.624. The van der Waals surface area contributed by atoms with Crippen LogP contribution in [0.5, 0.6) is 0 Å². The Morgan fingerprint density at radius 3 is 2.05 bits per heavy atom. The van der Waals surface area contributed by atoms with E-state index in [1.807, 2.05) is 79.7 Å². The number of nitrogens with one attached hydrogen (secondary N) is 1. The topological polar surface area (TPSA) is 44.7 Å². The van der Waals surface area contributed by atoms with E-state index in [4.69, 9.17) is 0 Å². The number of benzene rings is 2. The molecule has 2 aromatic carbocycles. The molecular weight excluding hydrogens is 250 g/mol. The number of para-hydroxylation sites is 1. The third-order valence-electron chi connectivity index (χ3n) is 2.69. The lowest BCUT2D eigenvalue weighted by molar-refractivity contribution is 0.259. The fraction of sp³-hybridized carbons (Fsp3) is 0.125. The van der Waals surface area contributed by atoms with Crippen molar-refractivity contribution in [3.05, 3.63) is 66.2 Å². The van der Waals surface area contributed by atoms with Crippen LogP contribution in [-0.4, -0.2) is 30.9 Å². The van der Waals surface area contributed by atoms with E-state index in [0.717, 1.165) is 11.3 Å². The van der Waals surface area contributed by atoms with Crippen molar-refractivity contribution in [2.24, 2.45) is 4.99 Å². The number of amides is 2. The summed E-state index contributed by atoms with van der Waals surface area (Å²) in [6.07, 6.45) is 0. The molecule has 0 aromatic heterocycles. The first-order chi connectivity index (χ1) is 9.66. The van der Waals surface area contributed by atoms with Gasteiger partial charge in [-0.2, -0.15) is 4.99 Å². The van der Waals surface area contributed by atoms with Crippen molar-refractivity contribution < 1.29 is 4.79 Å². The maximum atomic E-state index is 12.0. The van der Waals surface area contributed by atoms with Crippen molar-refractivity contribution in [2.45, 2.75) is 0 Å². The number of urea groups is 1. The van der Waals surface area contributed by atoms with Gasteiger partial charge >= 0.3 is 6.03 Å². The minimum absolute atomic E-state index is 0.385.